The molecule has 0 bridgehead atoms. The van der Waals surface area contributed by atoms with Gasteiger partial charge in [0, 0.05) is 18.7 Å². The van der Waals surface area contributed by atoms with Crippen LogP contribution < -0.4 is 5.32 Å². The minimum atomic E-state index is -0.207. The fraction of sp³-hybridized carbons (Fsp3) is 0.333. The van der Waals surface area contributed by atoms with Crippen molar-refractivity contribution in [2.24, 2.45) is 4.99 Å². The van der Waals surface area contributed by atoms with Gasteiger partial charge in [0.25, 0.3) is 5.91 Å². The molecule has 1 aliphatic heterocycles. The van der Waals surface area contributed by atoms with Crippen LogP contribution in [0.15, 0.2) is 17.3 Å². The first-order valence-corrected chi connectivity index (χ1v) is 2.82. The van der Waals surface area contributed by atoms with Crippen LogP contribution in [-0.4, -0.2) is 11.7 Å². The van der Waals surface area contributed by atoms with Crippen molar-refractivity contribution >= 4 is 11.7 Å². The maximum atomic E-state index is 10.5. The molecule has 0 saturated carbocycles. The van der Waals surface area contributed by atoms with E-state index >= 15 is 0 Å². The van der Waals surface area contributed by atoms with Crippen LogP contribution in [0.2, 0.25) is 0 Å². The molecule has 0 spiro atoms. The molecule has 0 aliphatic carbocycles. The van der Waals surface area contributed by atoms with Crippen molar-refractivity contribution in [1.82, 2.24) is 5.32 Å². The quantitative estimate of drug-likeness (QED) is 0.499. The highest BCUT2D eigenvalue weighted by molar-refractivity contribution is 6.04. The van der Waals surface area contributed by atoms with Gasteiger partial charge in [-0.05, 0) is 0 Å². The maximum Gasteiger partial charge on any atom is 0.272 e. The Morgan fingerprint density at radius 1 is 1.67 bits per heavy atom. The normalized spacial score (nSPS) is 17.0. The summed E-state index contributed by atoms with van der Waals surface area (Å²) in [5, 5.41) is 3.62. The molecule has 0 saturated heterocycles. The van der Waals surface area contributed by atoms with Crippen LogP contribution in [0.25, 0.3) is 0 Å². The van der Waals surface area contributed by atoms with Crippen molar-refractivity contribution in [2.75, 3.05) is 0 Å². The minimum Gasteiger partial charge on any atom is -0.267 e. The number of amides is 1. The van der Waals surface area contributed by atoms with Gasteiger partial charge in [-0.2, -0.15) is 5.32 Å². The van der Waals surface area contributed by atoms with Crippen LogP contribution in [0.3, 0.4) is 0 Å². The van der Waals surface area contributed by atoms with E-state index in [1.165, 1.54) is 12.3 Å². The summed E-state index contributed by atoms with van der Waals surface area (Å²) in [4.78, 5) is 14.3. The lowest BCUT2D eigenvalue weighted by Gasteiger charge is -2.01. The SMILES string of the molecule is CCC1=NC=CC(=O)[N]1. The van der Waals surface area contributed by atoms with Gasteiger partial charge in [0.15, 0.2) is 0 Å². The molecule has 0 fully saturated rings. The lowest BCUT2D eigenvalue weighted by Crippen LogP contribution is -2.22. The number of carbonyl (C=O) groups is 1. The molecule has 9 heavy (non-hydrogen) atoms. The highest BCUT2D eigenvalue weighted by atomic mass is 16.1. The summed E-state index contributed by atoms with van der Waals surface area (Å²) in [6.07, 6.45) is 3.55. The predicted octanol–water partition coefficient (Wildman–Crippen LogP) is 0.453. The Morgan fingerprint density at radius 3 is 2.89 bits per heavy atom. The Hall–Kier alpha value is -1.12. The second-order valence-electron chi connectivity index (χ2n) is 1.66. The smallest absolute Gasteiger partial charge is 0.267 e. The van der Waals surface area contributed by atoms with E-state index in [0.29, 0.717) is 5.84 Å². The number of amidine groups is 1. The lowest BCUT2D eigenvalue weighted by atomic mass is 10.4. The Kier molecular flexibility index (Phi) is 1.63. The van der Waals surface area contributed by atoms with Crippen molar-refractivity contribution in [2.45, 2.75) is 13.3 Å². The zero-order valence-electron chi connectivity index (χ0n) is 5.16. The number of rotatable bonds is 1. The molecule has 1 aliphatic rings. The summed E-state index contributed by atoms with van der Waals surface area (Å²) >= 11 is 0. The van der Waals surface area contributed by atoms with Gasteiger partial charge in [-0.15, -0.1) is 0 Å². The summed E-state index contributed by atoms with van der Waals surface area (Å²) in [5.74, 6) is 0.407. The van der Waals surface area contributed by atoms with Gasteiger partial charge < -0.3 is 0 Å². The van der Waals surface area contributed by atoms with Crippen molar-refractivity contribution in [1.29, 1.82) is 0 Å². The van der Waals surface area contributed by atoms with Crippen molar-refractivity contribution < 1.29 is 4.79 Å². The first-order valence-electron chi connectivity index (χ1n) is 2.82. The van der Waals surface area contributed by atoms with E-state index in [1.54, 1.807) is 0 Å². The largest absolute Gasteiger partial charge is 0.272 e. The number of nitrogens with zero attached hydrogens (tertiary/aromatic N) is 2. The summed E-state index contributed by atoms with van der Waals surface area (Å²) < 4.78 is 0. The van der Waals surface area contributed by atoms with Crippen LogP contribution in [0.5, 0.6) is 0 Å². The molecule has 1 amide bonds. The standard InChI is InChI=1S/C6H7N2O/c1-2-5-7-4-3-6(9)8-5/h3-4H,2H2,1H3. The van der Waals surface area contributed by atoms with Gasteiger partial charge in [0.05, 0.1) is 0 Å². The highest BCUT2D eigenvalue weighted by Crippen LogP contribution is 1.92. The number of hydrogen-bond acceptors (Lipinski definition) is 2. The van der Waals surface area contributed by atoms with Crippen LogP contribution in [0, 0.1) is 0 Å². The van der Waals surface area contributed by atoms with Gasteiger partial charge in [0.1, 0.15) is 5.84 Å². The van der Waals surface area contributed by atoms with Crippen LogP contribution >= 0.6 is 0 Å². The lowest BCUT2D eigenvalue weighted by molar-refractivity contribution is -0.115. The zero-order chi connectivity index (χ0) is 6.69. The van der Waals surface area contributed by atoms with Gasteiger partial charge >= 0.3 is 0 Å². The topological polar surface area (TPSA) is 43.5 Å². The summed E-state index contributed by atoms with van der Waals surface area (Å²) in [6.45, 7) is 1.91. The average Bonchev–Trinajstić information content (AvgIpc) is 1.88. The Morgan fingerprint density at radius 2 is 2.44 bits per heavy atom. The van der Waals surface area contributed by atoms with E-state index in [1.807, 2.05) is 6.92 Å². The molecule has 1 radical (unpaired) electrons. The second-order valence-corrected chi connectivity index (χ2v) is 1.66. The molecule has 0 aromatic rings. The molecule has 0 aromatic heterocycles. The van der Waals surface area contributed by atoms with Crippen molar-refractivity contribution in [3.63, 3.8) is 0 Å². The molecular formula is C6H7N2O. The Labute approximate surface area is 53.5 Å². The molecular weight excluding hydrogens is 116 g/mol. The molecule has 0 aromatic carbocycles. The van der Waals surface area contributed by atoms with Gasteiger partial charge in [0.2, 0.25) is 0 Å². The van der Waals surface area contributed by atoms with Crippen LogP contribution in [0.4, 0.5) is 0 Å². The molecule has 47 valence electrons. The third kappa shape index (κ3) is 1.38. The van der Waals surface area contributed by atoms with E-state index in [9.17, 15) is 4.79 Å². The fourth-order valence-corrected chi connectivity index (χ4v) is 0.551. The molecule has 1 heterocycles. The Balaban J connectivity index is 2.65. The maximum absolute atomic E-state index is 10.5. The van der Waals surface area contributed by atoms with Gasteiger partial charge in [-0.25, -0.2) is 4.99 Å². The Bertz CT molecular complexity index is 181. The third-order valence-corrected chi connectivity index (χ3v) is 0.996. The van der Waals surface area contributed by atoms with Gasteiger partial charge in [-0.3, -0.25) is 4.79 Å². The van der Waals surface area contributed by atoms with E-state index < -0.39 is 0 Å². The van der Waals surface area contributed by atoms with E-state index in [4.69, 9.17) is 0 Å². The second kappa shape index (κ2) is 2.44. The molecule has 1 rings (SSSR count). The van der Waals surface area contributed by atoms with E-state index in [0.717, 1.165) is 6.42 Å². The van der Waals surface area contributed by atoms with Crippen LogP contribution in [-0.2, 0) is 4.79 Å². The summed E-state index contributed by atoms with van der Waals surface area (Å²) in [5.41, 5.74) is 0. The molecule has 0 atom stereocenters. The number of carbonyl (C=O) groups excluding carboxylic acids is 1. The van der Waals surface area contributed by atoms with Crippen molar-refractivity contribution in [3.05, 3.63) is 12.3 Å². The molecule has 3 nitrogen and oxygen atoms in total. The molecule has 0 unspecified atom stereocenters. The first kappa shape index (κ1) is 6.01. The van der Waals surface area contributed by atoms with Gasteiger partial charge in [-0.1, -0.05) is 6.92 Å². The predicted molar refractivity (Wildman–Crippen MR) is 34.0 cm³/mol. The van der Waals surface area contributed by atoms with Crippen LogP contribution in [0.1, 0.15) is 13.3 Å². The van der Waals surface area contributed by atoms with Crippen molar-refractivity contribution in [3.8, 4) is 0 Å². The number of aliphatic imine (C=N–C) groups is 1. The summed E-state index contributed by atoms with van der Waals surface area (Å²) in [6, 6.07) is 0. The monoisotopic (exact) mass is 123 g/mol. The fourth-order valence-electron chi connectivity index (χ4n) is 0.551. The average molecular weight is 123 g/mol. The van der Waals surface area contributed by atoms with E-state index in [-0.39, 0.29) is 5.91 Å². The zero-order valence-corrected chi connectivity index (χ0v) is 5.16. The van der Waals surface area contributed by atoms with E-state index in [2.05, 4.69) is 10.3 Å². The number of hydrogen-bond donors (Lipinski definition) is 0. The molecule has 3 heteroatoms. The first-order chi connectivity index (χ1) is 4.33. The third-order valence-electron chi connectivity index (χ3n) is 0.996. The molecule has 0 N–H and O–H groups in total. The highest BCUT2D eigenvalue weighted by Gasteiger charge is 2.05. The minimum absolute atomic E-state index is 0.207. The summed E-state index contributed by atoms with van der Waals surface area (Å²) in [7, 11) is 0.